The Morgan fingerprint density at radius 2 is 1.92 bits per heavy atom. The van der Waals surface area contributed by atoms with Crippen molar-refractivity contribution in [3.05, 3.63) is 18.2 Å². The van der Waals surface area contributed by atoms with Crippen LogP contribution in [0.1, 0.15) is 0 Å². The zero-order valence-electron chi connectivity index (χ0n) is 5.85. The van der Waals surface area contributed by atoms with Crippen molar-refractivity contribution in [3.8, 4) is 5.75 Å². The van der Waals surface area contributed by atoms with Crippen LogP contribution in [0.25, 0.3) is 0 Å². The van der Waals surface area contributed by atoms with Crippen molar-refractivity contribution in [2.45, 2.75) is 4.90 Å². The number of benzene rings is 1. The van der Waals surface area contributed by atoms with Crippen LogP contribution in [-0.4, -0.2) is 18.1 Å². The maximum absolute atomic E-state index is 10.5. The predicted octanol–water partition coefficient (Wildman–Crippen LogP) is 0.553. The first-order valence-corrected chi connectivity index (χ1v) is 4.37. The lowest BCUT2D eigenvalue weighted by Crippen LogP contribution is -1.97. The molecule has 65 valence electrons. The van der Waals surface area contributed by atoms with Gasteiger partial charge in [0, 0.05) is 6.07 Å². The van der Waals surface area contributed by atoms with Crippen LogP contribution in [-0.2, 0) is 10.1 Å². The van der Waals surface area contributed by atoms with Gasteiger partial charge in [0.2, 0.25) is 0 Å². The van der Waals surface area contributed by atoms with Gasteiger partial charge in [-0.25, -0.2) is 0 Å². The van der Waals surface area contributed by atoms with E-state index in [0.717, 1.165) is 18.2 Å². The Labute approximate surface area is 69.2 Å². The van der Waals surface area contributed by atoms with Crippen LogP contribution in [0.5, 0.6) is 5.75 Å². The highest BCUT2D eigenvalue weighted by atomic mass is 32.2. The third kappa shape index (κ3) is 1.66. The summed E-state index contributed by atoms with van der Waals surface area (Å²) in [4.78, 5) is -0.585. The normalized spacial score (nSPS) is 11.4. The third-order valence-corrected chi connectivity index (χ3v) is 2.14. The van der Waals surface area contributed by atoms with Gasteiger partial charge in [-0.3, -0.25) is 4.55 Å². The molecule has 1 aromatic carbocycles. The summed E-state index contributed by atoms with van der Waals surface area (Å²) in [6, 6.07) is 3.05. The van der Waals surface area contributed by atoms with E-state index in [4.69, 9.17) is 15.4 Å². The van der Waals surface area contributed by atoms with Crippen LogP contribution in [0.4, 0.5) is 5.69 Å². The molecule has 12 heavy (non-hydrogen) atoms. The summed E-state index contributed by atoms with van der Waals surface area (Å²) in [6.07, 6.45) is 0. The highest BCUT2D eigenvalue weighted by molar-refractivity contribution is 7.86. The van der Waals surface area contributed by atoms with Gasteiger partial charge in [0.1, 0.15) is 10.6 Å². The van der Waals surface area contributed by atoms with E-state index >= 15 is 0 Å². The molecule has 0 aromatic heterocycles. The van der Waals surface area contributed by atoms with Gasteiger partial charge in [-0.2, -0.15) is 8.42 Å². The molecule has 0 atom stereocenters. The minimum absolute atomic E-state index is 0.0279. The largest absolute Gasteiger partial charge is 0.506 e. The van der Waals surface area contributed by atoms with Crippen molar-refractivity contribution in [3.63, 3.8) is 0 Å². The number of rotatable bonds is 1. The molecule has 0 bridgehead atoms. The topological polar surface area (TPSA) is 98.4 Å². The fourth-order valence-electron chi connectivity index (χ4n) is 0.736. The second kappa shape index (κ2) is 2.65. The molecule has 0 saturated carbocycles. The molecule has 6 heteroatoms. The molecule has 0 amide bonds. The molecule has 5 nitrogen and oxygen atoms in total. The zero-order chi connectivity index (χ0) is 9.35. The Kier molecular flexibility index (Phi) is 1.95. The lowest BCUT2D eigenvalue weighted by Gasteiger charge is -2.00. The van der Waals surface area contributed by atoms with Crippen LogP contribution < -0.4 is 5.73 Å². The van der Waals surface area contributed by atoms with Crippen molar-refractivity contribution < 1.29 is 18.1 Å². The summed E-state index contributed by atoms with van der Waals surface area (Å²) in [5.41, 5.74) is 6.97. The molecular weight excluding hydrogens is 182 g/mol. The van der Waals surface area contributed by atoms with Crippen LogP contribution >= 0.6 is 0 Å². The second-order valence-electron chi connectivity index (χ2n) is 2.16. The Balaban J connectivity index is 3.39. The van der Waals surface area contributed by atoms with Gasteiger partial charge < -0.3 is 10.8 Å². The average molecular weight is 188 g/mol. The minimum atomic E-state index is -4.38. The summed E-state index contributed by atoms with van der Waals surface area (Å²) in [5, 5.41) is 8.97. The SMILES string of the molecule is [NH]c1ccc(S(=O)(=O)O)c(O)c1. The molecule has 1 radical (unpaired) electrons. The van der Waals surface area contributed by atoms with Crippen molar-refractivity contribution in [2.75, 3.05) is 0 Å². The van der Waals surface area contributed by atoms with E-state index < -0.39 is 20.8 Å². The second-order valence-corrected chi connectivity index (χ2v) is 3.55. The van der Waals surface area contributed by atoms with Gasteiger partial charge in [-0.05, 0) is 12.1 Å². The smallest absolute Gasteiger partial charge is 0.298 e. The molecular formula is C6H6NO4S. The average Bonchev–Trinajstić information content (AvgIpc) is 1.83. The van der Waals surface area contributed by atoms with E-state index in [1.165, 1.54) is 0 Å². The molecule has 1 aromatic rings. The Morgan fingerprint density at radius 3 is 2.33 bits per heavy atom. The quantitative estimate of drug-likeness (QED) is 0.629. The summed E-state index contributed by atoms with van der Waals surface area (Å²) >= 11 is 0. The zero-order valence-corrected chi connectivity index (χ0v) is 6.67. The predicted molar refractivity (Wildman–Crippen MR) is 40.7 cm³/mol. The van der Waals surface area contributed by atoms with Gasteiger partial charge in [0.25, 0.3) is 10.1 Å². The molecule has 0 heterocycles. The fourth-order valence-corrected chi connectivity index (χ4v) is 1.30. The highest BCUT2D eigenvalue weighted by Gasteiger charge is 2.14. The van der Waals surface area contributed by atoms with Crippen molar-refractivity contribution in [1.82, 2.24) is 5.73 Å². The van der Waals surface area contributed by atoms with E-state index in [1.54, 1.807) is 0 Å². The summed E-state index contributed by atoms with van der Waals surface area (Å²) in [5.74, 6) is -0.620. The van der Waals surface area contributed by atoms with E-state index in [-0.39, 0.29) is 5.69 Å². The standard InChI is InChI=1S/C6H6NO4S/c7-4-1-2-6(5(8)3-4)12(9,10)11/h1-3,7-8H,(H,9,10,11). The van der Waals surface area contributed by atoms with Crippen molar-refractivity contribution in [2.24, 2.45) is 0 Å². The van der Waals surface area contributed by atoms with Crippen LogP contribution in [0, 0.1) is 0 Å². The number of phenolic OH excluding ortho intramolecular Hbond substituents is 1. The highest BCUT2D eigenvalue weighted by Crippen LogP contribution is 2.24. The summed E-state index contributed by atoms with van der Waals surface area (Å²) in [7, 11) is -4.38. The molecule has 0 unspecified atom stereocenters. The molecule has 0 saturated heterocycles. The lowest BCUT2D eigenvalue weighted by molar-refractivity contribution is 0.443. The summed E-state index contributed by atoms with van der Waals surface area (Å²) < 4.78 is 29.5. The molecule has 0 spiro atoms. The minimum Gasteiger partial charge on any atom is -0.506 e. The van der Waals surface area contributed by atoms with E-state index in [2.05, 4.69) is 0 Å². The first-order chi connectivity index (χ1) is 5.41. The lowest BCUT2D eigenvalue weighted by atomic mass is 10.3. The van der Waals surface area contributed by atoms with Gasteiger partial charge >= 0.3 is 0 Å². The summed E-state index contributed by atoms with van der Waals surface area (Å²) in [6.45, 7) is 0. The number of aromatic hydroxyl groups is 1. The Morgan fingerprint density at radius 1 is 1.33 bits per heavy atom. The van der Waals surface area contributed by atoms with Crippen molar-refractivity contribution >= 4 is 15.8 Å². The van der Waals surface area contributed by atoms with Gasteiger partial charge in [0.15, 0.2) is 0 Å². The van der Waals surface area contributed by atoms with E-state index in [1.807, 2.05) is 0 Å². The molecule has 0 aliphatic rings. The third-order valence-electron chi connectivity index (χ3n) is 1.24. The Bertz CT molecular complexity index is 398. The van der Waals surface area contributed by atoms with Crippen LogP contribution in [0.15, 0.2) is 23.1 Å². The number of hydrogen-bond acceptors (Lipinski definition) is 3. The molecule has 0 aliphatic heterocycles. The first-order valence-electron chi connectivity index (χ1n) is 2.93. The number of nitrogens with one attached hydrogen (secondary N) is 1. The van der Waals surface area contributed by atoms with Crippen LogP contribution in [0.2, 0.25) is 0 Å². The number of hydrogen-bond donors (Lipinski definition) is 2. The maximum Gasteiger partial charge on any atom is 0.298 e. The molecule has 0 fully saturated rings. The maximum atomic E-state index is 10.5. The van der Waals surface area contributed by atoms with Gasteiger partial charge in [0.05, 0.1) is 5.69 Å². The molecule has 0 aliphatic carbocycles. The van der Waals surface area contributed by atoms with Crippen molar-refractivity contribution in [1.29, 1.82) is 0 Å². The fraction of sp³-hybridized carbons (Fsp3) is 0. The number of phenols is 1. The van der Waals surface area contributed by atoms with Gasteiger partial charge in [-0.15, -0.1) is 0 Å². The molecule has 3 N–H and O–H groups in total. The first kappa shape index (κ1) is 8.82. The van der Waals surface area contributed by atoms with Crippen LogP contribution in [0.3, 0.4) is 0 Å². The Hall–Kier alpha value is -1.27. The van der Waals surface area contributed by atoms with E-state index in [0.29, 0.717) is 0 Å². The van der Waals surface area contributed by atoms with Gasteiger partial charge in [-0.1, -0.05) is 0 Å². The monoisotopic (exact) mass is 188 g/mol. The molecule has 1 rings (SSSR count). The van der Waals surface area contributed by atoms with E-state index in [9.17, 15) is 8.42 Å².